The first-order chi connectivity index (χ1) is 11.3. The zero-order valence-electron chi connectivity index (χ0n) is 13.0. The predicted molar refractivity (Wildman–Crippen MR) is 90.7 cm³/mol. The van der Waals surface area contributed by atoms with E-state index in [0.29, 0.717) is 6.04 Å². The largest absolute Gasteiger partial charge is 0.484 e. The quantitative estimate of drug-likeness (QED) is 0.864. The van der Waals surface area contributed by atoms with E-state index in [4.69, 9.17) is 4.74 Å². The lowest BCUT2D eigenvalue weighted by Crippen LogP contribution is -2.62. The fourth-order valence-corrected chi connectivity index (χ4v) is 4.11. The molecule has 0 bridgehead atoms. The number of benzene rings is 1. The van der Waals surface area contributed by atoms with E-state index in [1.54, 1.807) is 0 Å². The van der Waals surface area contributed by atoms with Gasteiger partial charge in [0.25, 0.3) is 5.91 Å². The number of ether oxygens (including phenoxy) is 1. The molecule has 1 aromatic heterocycles. The van der Waals surface area contributed by atoms with Gasteiger partial charge in [0.2, 0.25) is 0 Å². The number of carbonyl (C=O) groups excluding carboxylic acids is 1. The SMILES string of the molecule is O=C(COc1ccccc1)N1CC(N2CCc3sccc3C2)C1. The van der Waals surface area contributed by atoms with Gasteiger partial charge in [-0.15, -0.1) is 11.3 Å². The van der Waals surface area contributed by atoms with E-state index >= 15 is 0 Å². The molecule has 0 N–H and O–H groups in total. The van der Waals surface area contributed by atoms with Crippen LogP contribution in [0.1, 0.15) is 10.4 Å². The molecule has 0 spiro atoms. The number of hydrogen-bond donors (Lipinski definition) is 0. The summed E-state index contributed by atoms with van der Waals surface area (Å²) in [5.74, 6) is 0.831. The highest BCUT2D eigenvalue weighted by molar-refractivity contribution is 7.10. The number of hydrogen-bond acceptors (Lipinski definition) is 4. The van der Waals surface area contributed by atoms with Crippen molar-refractivity contribution in [2.24, 2.45) is 0 Å². The molecule has 0 unspecified atom stereocenters. The molecule has 0 aliphatic carbocycles. The van der Waals surface area contributed by atoms with Gasteiger partial charge in [0.1, 0.15) is 5.75 Å². The summed E-state index contributed by atoms with van der Waals surface area (Å²) in [4.78, 5) is 18.1. The van der Waals surface area contributed by atoms with Crippen molar-refractivity contribution in [2.45, 2.75) is 19.0 Å². The van der Waals surface area contributed by atoms with Crippen molar-refractivity contribution < 1.29 is 9.53 Å². The Morgan fingerprint density at radius 1 is 1.22 bits per heavy atom. The third-order valence-corrected chi connectivity index (χ3v) is 5.70. The number of rotatable bonds is 4. The normalized spacial score (nSPS) is 18.3. The van der Waals surface area contributed by atoms with Gasteiger partial charge in [0.15, 0.2) is 6.61 Å². The zero-order chi connectivity index (χ0) is 15.6. The van der Waals surface area contributed by atoms with E-state index in [1.165, 1.54) is 10.4 Å². The lowest BCUT2D eigenvalue weighted by Gasteiger charge is -2.46. The maximum atomic E-state index is 12.2. The molecule has 4 nitrogen and oxygen atoms in total. The Morgan fingerprint density at radius 2 is 2.04 bits per heavy atom. The first-order valence-electron chi connectivity index (χ1n) is 8.04. The van der Waals surface area contributed by atoms with Gasteiger partial charge in [-0.05, 0) is 35.6 Å². The van der Waals surface area contributed by atoms with Crippen LogP contribution in [0.15, 0.2) is 41.8 Å². The van der Waals surface area contributed by atoms with Crippen molar-refractivity contribution in [2.75, 3.05) is 26.2 Å². The zero-order valence-corrected chi connectivity index (χ0v) is 13.8. The van der Waals surface area contributed by atoms with Gasteiger partial charge >= 0.3 is 0 Å². The average molecular weight is 328 g/mol. The standard InChI is InChI=1S/C18H20N2O2S/c21-18(13-22-16-4-2-1-3-5-16)20-11-15(12-20)19-8-6-17-14(10-19)7-9-23-17/h1-5,7,9,15H,6,8,10-13H2. The van der Waals surface area contributed by atoms with E-state index in [2.05, 4.69) is 16.3 Å². The van der Waals surface area contributed by atoms with E-state index in [0.717, 1.165) is 38.3 Å². The van der Waals surface area contributed by atoms with Crippen molar-refractivity contribution in [3.8, 4) is 5.75 Å². The molecule has 3 heterocycles. The summed E-state index contributed by atoms with van der Waals surface area (Å²) in [7, 11) is 0. The first kappa shape index (κ1) is 14.7. The molecule has 2 aliphatic heterocycles. The van der Waals surface area contributed by atoms with Crippen molar-refractivity contribution in [1.29, 1.82) is 0 Å². The number of para-hydroxylation sites is 1. The Bertz CT molecular complexity index is 679. The monoisotopic (exact) mass is 328 g/mol. The first-order valence-corrected chi connectivity index (χ1v) is 8.92. The maximum absolute atomic E-state index is 12.2. The summed E-state index contributed by atoms with van der Waals surface area (Å²) in [6.45, 7) is 3.94. The third-order valence-electron chi connectivity index (χ3n) is 4.67. The lowest BCUT2D eigenvalue weighted by atomic mass is 10.0. The van der Waals surface area contributed by atoms with Crippen LogP contribution in [0, 0.1) is 0 Å². The summed E-state index contributed by atoms with van der Waals surface area (Å²) < 4.78 is 5.54. The molecular formula is C18H20N2O2S. The Kier molecular flexibility index (Phi) is 4.06. The van der Waals surface area contributed by atoms with E-state index < -0.39 is 0 Å². The van der Waals surface area contributed by atoms with Gasteiger partial charge in [-0.3, -0.25) is 9.69 Å². The van der Waals surface area contributed by atoms with E-state index in [-0.39, 0.29) is 12.5 Å². The van der Waals surface area contributed by atoms with Crippen LogP contribution in [0.5, 0.6) is 5.75 Å². The van der Waals surface area contributed by atoms with Gasteiger partial charge in [-0.25, -0.2) is 0 Å². The minimum Gasteiger partial charge on any atom is -0.484 e. The second-order valence-corrected chi connectivity index (χ2v) is 7.14. The third kappa shape index (κ3) is 3.12. The van der Waals surface area contributed by atoms with Gasteiger partial charge in [-0.1, -0.05) is 18.2 Å². The molecule has 1 fully saturated rings. The van der Waals surface area contributed by atoms with Gasteiger partial charge < -0.3 is 9.64 Å². The number of likely N-dealkylation sites (tertiary alicyclic amines) is 1. The van der Waals surface area contributed by atoms with Crippen LogP contribution in [-0.2, 0) is 17.8 Å². The Hall–Kier alpha value is -1.85. The van der Waals surface area contributed by atoms with Crippen molar-refractivity contribution in [3.05, 3.63) is 52.2 Å². The van der Waals surface area contributed by atoms with Gasteiger partial charge in [-0.2, -0.15) is 0 Å². The molecule has 4 rings (SSSR count). The smallest absolute Gasteiger partial charge is 0.260 e. The summed E-state index contributed by atoms with van der Waals surface area (Å²) >= 11 is 1.87. The Morgan fingerprint density at radius 3 is 2.87 bits per heavy atom. The minimum absolute atomic E-state index is 0.0818. The molecular weight excluding hydrogens is 308 g/mol. The van der Waals surface area contributed by atoms with Crippen LogP contribution in [-0.4, -0.2) is 48.0 Å². The lowest BCUT2D eigenvalue weighted by molar-refractivity contribution is -0.141. The molecule has 2 aromatic rings. The summed E-state index contributed by atoms with van der Waals surface area (Å²) in [6, 6.07) is 12.2. The van der Waals surface area contributed by atoms with Crippen LogP contribution in [0.25, 0.3) is 0 Å². The second kappa shape index (κ2) is 6.34. The topological polar surface area (TPSA) is 32.8 Å². The maximum Gasteiger partial charge on any atom is 0.260 e. The number of amides is 1. The molecule has 1 saturated heterocycles. The van der Waals surface area contributed by atoms with Crippen LogP contribution in [0.3, 0.4) is 0 Å². The van der Waals surface area contributed by atoms with E-state index in [9.17, 15) is 4.79 Å². The fraction of sp³-hybridized carbons (Fsp3) is 0.389. The minimum atomic E-state index is 0.0818. The predicted octanol–water partition coefficient (Wildman–Crippen LogP) is 2.40. The van der Waals surface area contributed by atoms with Gasteiger partial charge in [0, 0.05) is 37.1 Å². The van der Waals surface area contributed by atoms with Crippen LogP contribution in [0.4, 0.5) is 0 Å². The molecule has 1 amide bonds. The van der Waals surface area contributed by atoms with Crippen LogP contribution < -0.4 is 4.74 Å². The van der Waals surface area contributed by atoms with E-state index in [1.807, 2.05) is 46.6 Å². The summed E-state index contributed by atoms with van der Waals surface area (Å²) in [6.07, 6.45) is 1.15. The summed E-state index contributed by atoms with van der Waals surface area (Å²) in [5.41, 5.74) is 1.47. The number of thiophene rings is 1. The highest BCUT2D eigenvalue weighted by atomic mass is 32.1. The van der Waals surface area contributed by atoms with Gasteiger partial charge in [0.05, 0.1) is 0 Å². The molecule has 1 aromatic carbocycles. The van der Waals surface area contributed by atoms with Crippen molar-refractivity contribution >= 4 is 17.2 Å². The molecule has 5 heteroatoms. The molecule has 120 valence electrons. The van der Waals surface area contributed by atoms with Crippen molar-refractivity contribution in [3.63, 3.8) is 0 Å². The summed E-state index contributed by atoms with van der Waals surface area (Å²) in [5, 5.41) is 2.19. The average Bonchev–Trinajstić information content (AvgIpc) is 3.00. The molecule has 23 heavy (non-hydrogen) atoms. The van der Waals surface area contributed by atoms with Crippen molar-refractivity contribution in [1.82, 2.24) is 9.80 Å². The molecule has 0 saturated carbocycles. The highest BCUT2D eigenvalue weighted by Crippen LogP contribution is 2.27. The fourth-order valence-electron chi connectivity index (χ4n) is 3.22. The number of carbonyl (C=O) groups is 1. The molecule has 0 atom stereocenters. The van der Waals surface area contributed by atoms with Crippen LogP contribution in [0.2, 0.25) is 0 Å². The Labute approximate surface area is 140 Å². The number of nitrogens with zero attached hydrogens (tertiary/aromatic N) is 2. The Balaban J connectivity index is 1.24. The second-order valence-electron chi connectivity index (χ2n) is 6.14. The molecule has 0 radical (unpaired) electrons. The highest BCUT2D eigenvalue weighted by Gasteiger charge is 2.36. The molecule has 2 aliphatic rings. The van der Waals surface area contributed by atoms with Crippen LogP contribution >= 0.6 is 11.3 Å². The number of fused-ring (bicyclic) bond motifs is 1.